The Morgan fingerprint density at radius 2 is 1.92 bits per heavy atom. The van der Waals surface area contributed by atoms with Gasteiger partial charge in [0.25, 0.3) is 5.56 Å². The molecule has 5 heteroatoms. The summed E-state index contributed by atoms with van der Waals surface area (Å²) in [6.45, 7) is 0.554. The minimum absolute atomic E-state index is 0.00952. The summed E-state index contributed by atoms with van der Waals surface area (Å²) in [5.41, 5.74) is 0.984. The van der Waals surface area contributed by atoms with E-state index in [-0.39, 0.29) is 18.0 Å². The molecule has 0 fully saturated rings. The first-order chi connectivity index (χ1) is 12.2. The number of nitrogens with one attached hydrogen (secondary N) is 1. The van der Waals surface area contributed by atoms with Crippen LogP contribution in [0.1, 0.15) is 5.56 Å². The van der Waals surface area contributed by atoms with E-state index in [9.17, 15) is 9.59 Å². The quantitative estimate of drug-likeness (QED) is 0.752. The predicted molar refractivity (Wildman–Crippen MR) is 97.9 cm³/mol. The zero-order valence-electron chi connectivity index (χ0n) is 14.1. The molecule has 0 aliphatic heterocycles. The molecule has 1 N–H and O–H groups in total. The van der Waals surface area contributed by atoms with E-state index in [1.165, 1.54) is 10.1 Å². The van der Waals surface area contributed by atoms with Gasteiger partial charge in [0.1, 0.15) is 12.3 Å². The molecular formula is C20H20N2O3. The van der Waals surface area contributed by atoms with Crippen molar-refractivity contribution in [3.8, 4) is 5.75 Å². The molecule has 0 radical (unpaired) electrons. The lowest BCUT2D eigenvalue weighted by Gasteiger charge is -2.09. The maximum Gasteiger partial charge on any atom is 0.258 e. The molecule has 0 aliphatic rings. The maximum absolute atomic E-state index is 12.5. The van der Waals surface area contributed by atoms with Crippen LogP contribution in [0.4, 0.5) is 0 Å². The predicted octanol–water partition coefficient (Wildman–Crippen LogP) is 2.37. The first kappa shape index (κ1) is 16.8. The van der Waals surface area contributed by atoms with Crippen LogP contribution in [0.15, 0.2) is 65.6 Å². The average Bonchev–Trinajstić information content (AvgIpc) is 2.64. The van der Waals surface area contributed by atoms with Crippen molar-refractivity contribution in [2.75, 3.05) is 13.7 Å². The topological polar surface area (TPSA) is 60.3 Å². The van der Waals surface area contributed by atoms with Crippen LogP contribution in [0.2, 0.25) is 0 Å². The monoisotopic (exact) mass is 336 g/mol. The summed E-state index contributed by atoms with van der Waals surface area (Å²) >= 11 is 0. The Balaban J connectivity index is 1.65. The molecule has 0 atom stereocenters. The fourth-order valence-corrected chi connectivity index (χ4v) is 2.72. The van der Waals surface area contributed by atoms with Gasteiger partial charge in [0, 0.05) is 18.1 Å². The Labute approximate surface area is 145 Å². The fourth-order valence-electron chi connectivity index (χ4n) is 2.72. The van der Waals surface area contributed by atoms with E-state index in [0.717, 1.165) is 11.8 Å². The lowest BCUT2D eigenvalue weighted by Crippen LogP contribution is -2.33. The summed E-state index contributed by atoms with van der Waals surface area (Å²) in [7, 11) is 1.59. The highest BCUT2D eigenvalue weighted by molar-refractivity contribution is 5.83. The van der Waals surface area contributed by atoms with Crippen molar-refractivity contribution in [3.05, 3.63) is 76.7 Å². The van der Waals surface area contributed by atoms with Crippen molar-refractivity contribution >= 4 is 16.7 Å². The van der Waals surface area contributed by atoms with Crippen LogP contribution < -0.4 is 15.6 Å². The number of benzene rings is 2. The number of hydrogen-bond donors (Lipinski definition) is 1. The Hall–Kier alpha value is -3.08. The first-order valence-corrected chi connectivity index (χ1v) is 8.15. The van der Waals surface area contributed by atoms with Crippen LogP contribution in [0.25, 0.3) is 10.8 Å². The van der Waals surface area contributed by atoms with E-state index in [1.807, 2.05) is 36.4 Å². The van der Waals surface area contributed by atoms with E-state index < -0.39 is 0 Å². The standard InChI is InChI=1S/C20H20N2O3/c1-25-17-7-8-18-16(13-17)10-12-22(20(18)24)14-19(23)21-11-9-15-5-3-2-4-6-15/h2-8,10,12-13H,9,11,14H2,1H3,(H,21,23). The number of carbonyl (C=O) groups is 1. The number of hydrogen-bond acceptors (Lipinski definition) is 3. The van der Waals surface area contributed by atoms with Gasteiger partial charge in [-0.05, 0) is 41.6 Å². The van der Waals surface area contributed by atoms with Crippen molar-refractivity contribution in [2.45, 2.75) is 13.0 Å². The molecule has 3 aromatic rings. The third kappa shape index (κ3) is 4.07. The van der Waals surface area contributed by atoms with Crippen molar-refractivity contribution in [1.82, 2.24) is 9.88 Å². The molecule has 0 saturated carbocycles. The molecule has 5 nitrogen and oxygen atoms in total. The summed E-state index contributed by atoms with van der Waals surface area (Å²) in [4.78, 5) is 24.6. The molecule has 0 spiro atoms. The van der Waals surface area contributed by atoms with E-state index >= 15 is 0 Å². The molecule has 0 bridgehead atoms. The minimum atomic E-state index is -0.182. The fraction of sp³-hybridized carbons (Fsp3) is 0.200. The Morgan fingerprint density at radius 1 is 1.12 bits per heavy atom. The van der Waals surface area contributed by atoms with Crippen molar-refractivity contribution in [1.29, 1.82) is 0 Å². The maximum atomic E-state index is 12.5. The van der Waals surface area contributed by atoms with Crippen molar-refractivity contribution in [3.63, 3.8) is 0 Å². The number of aromatic nitrogens is 1. The number of pyridine rings is 1. The molecule has 0 saturated heterocycles. The van der Waals surface area contributed by atoms with Crippen molar-refractivity contribution in [2.24, 2.45) is 0 Å². The molecule has 1 aromatic heterocycles. The molecule has 25 heavy (non-hydrogen) atoms. The summed E-state index contributed by atoms with van der Waals surface area (Å²) in [5.74, 6) is 0.522. The molecule has 1 amide bonds. The normalized spacial score (nSPS) is 10.6. The third-order valence-corrected chi connectivity index (χ3v) is 4.08. The average molecular weight is 336 g/mol. The lowest BCUT2D eigenvalue weighted by molar-refractivity contribution is -0.121. The van der Waals surface area contributed by atoms with Crippen LogP contribution in [-0.4, -0.2) is 24.1 Å². The van der Waals surface area contributed by atoms with Crippen LogP contribution in [-0.2, 0) is 17.8 Å². The van der Waals surface area contributed by atoms with Gasteiger partial charge < -0.3 is 14.6 Å². The smallest absolute Gasteiger partial charge is 0.258 e. The van der Waals surface area contributed by atoms with Crippen LogP contribution in [0.3, 0.4) is 0 Å². The minimum Gasteiger partial charge on any atom is -0.497 e. The van der Waals surface area contributed by atoms with Gasteiger partial charge in [0.15, 0.2) is 0 Å². The summed E-state index contributed by atoms with van der Waals surface area (Å²) in [5, 5.41) is 4.22. The molecule has 0 unspecified atom stereocenters. The largest absolute Gasteiger partial charge is 0.497 e. The van der Waals surface area contributed by atoms with Gasteiger partial charge in [-0.2, -0.15) is 0 Å². The van der Waals surface area contributed by atoms with Gasteiger partial charge in [0.2, 0.25) is 5.91 Å². The number of carbonyl (C=O) groups excluding carboxylic acids is 1. The van der Waals surface area contributed by atoms with E-state index in [1.54, 1.807) is 31.5 Å². The molecular weight excluding hydrogens is 316 g/mol. The first-order valence-electron chi connectivity index (χ1n) is 8.15. The number of amides is 1. The van der Waals surface area contributed by atoms with Crippen LogP contribution in [0.5, 0.6) is 5.75 Å². The Kier molecular flexibility index (Phi) is 5.14. The number of fused-ring (bicyclic) bond motifs is 1. The van der Waals surface area contributed by atoms with Gasteiger partial charge in [-0.15, -0.1) is 0 Å². The summed E-state index contributed by atoms with van der Waals surface area (Å²) in [6, 6.07) is 17.0. The molecule has 128 valence electrons. The molecule has 0 aliphatic carbocycles. The number of methoxy groups -OCH3 is 1. The highest BCUT2D eigenvalue weighted by Crippen LogP contribution is 2.17. The Bertz CT molecular complexity index is 933. The van der Waals surface area contributed by atoms with Gasteiger partial charge >= 0.3 is 0 Å². The van der Waals surface area contributed by atoms with E-state index in [0.29, 0.717) is 17.7 Å². The highest BCUT2D eigenvalue weighted by Gasteiger charge is 2.08. The summed E-state index contributed by atoms with van der Waals surface area (Å²) < 4.78 is 6.59. The second kappa shape index (κ2) is 7.66. The van der Waals surface area contributed by atoms with Gasteiger partial charge in [-0.25, -0.2) is 0 Å². The molecule has 3 rings (SSSR count). The Morgan fingerprint density at radius 3 is 2.68 bits per heavy atom. The SMILES string of the molecule is COc1ccc2c(=O)n(CC(=O)NCCc3ccccc3)ccc2c1. The number of rotatable bonds is 6. The van der Waals surface area contributed by atoms with Gasteiger partial charge in [-0.1, -0.05) is 30.3 Å². The second-order valence-electron chi connectivity index (χ2n) is 5.79. The third-order valence-electron chi connectivity index (χ3n) is 4.08. The summed E-state index contributed by atoms with van der Waals surface area (Å²) in [6.07, 6.45) is 2.40. The lowest BCUT2D eigenvalue weighted by atomic mass is 10.1. The highest BCUT2D eigenvalue weighted by atomic mass is 16.5. The number of nitrogens with zero attached hydrogens (tertiary/aromatic N) is 1. The van der Waals surface area contributed by atoms with Crippen molar-refractivity contribution < 1.29 is 9.53 Å². The second-order valence-corrected chi connectivity index (χ2v) is 5.79. The van der Waals surface area contributed by atoms with Gasteiger partial charge in [0.05, 0.1) is 7.11 Å². The van der Waals surface area contributed by atoms with E-state index in [2.05, 4.69) is 5.32 Å². The zero-order valence-corrected chi connectivity index (χ0v) is 14.1. The van der Waals surface area contributed by atoms with Crippen LogP contribution >= 0.6 is 0 Å². The van der Waals surface area contributed by atoms with Crippen LogP contribution in [0, 0.1) is 0 Å². The van der Waals surface area contributed by atoms with Gasteiger partial charge in [-0.3, -0.25) is 9.59 Å². The number of ether oxygens (including phenoxy) is 1. The van der Waals surface area contributed by atoms with E-state index in [4.69, 9.17) is 4.74 Å². The molecule has 2 aromatic carbocycles. The zero-order chi connectivity index (χ0) is 17.6. The molecule has 1 heterocycles.